The maximum atomic E-state index is 11.7. The number of amides is 2. The van der Waals surface area contributed by atoms with E-state index in [1.165, 1.54) is 0 Å². The van der Waals surface area contributed by atoms with E-state index >= 15 is 0 Å². The lowest BCUT2D eigenvalue weighted by Crippen LogP contribution is -2.47. The van der Waals surface area contributed by atoms with Crippen molar-refractivity contribution in [3.63, 3.8) is 0 Å². The van der Waals surface area contributed by atoms with E-state index in [9.17, 15) is 9.59 Å². The predicted molar refractivity (Wildman–Crippen MR) is 74.3 cm³/mol. The second kappa shape index (κ2) is 6.93. The van der Waals surface area contributed by atoms with Gasteiger partial charge in [0, 0.05) is 25.0 Å². The van der Waals surface area contributed by atoms with Gasteiger partial charge in [0.25, 0.3) is 0 Å². The largest absolute Gasteiger partial charge is 0.481 e. The number of urea groups is 1. The Kier molecular flexibility index (Phi) is 5.54. The molecule has 2 amide bonds. The van der Waals surface area contributed by atoms with E-state index in [1.807, 2.05) is 19.2 Å². The van der Waals surface area contributed by atoms with E-state index in [0.717, 1.165) is 0 Å². The lowest BCUT2D eigenvalue weighted by Gasteiger charge is -2.24. The average molecular weight is 282 g/mol. The molecule has 7 nitrogen and oxygen atoms in total. The number of carbonyl (C=O) groups is 2. The number of carboxylic acid groups (broad SMARTS) is 1. The third-order valence-electron chi connectivity index (χ3n) is 3.33. The van der Waals surface area contributed by atoms with Crippen molar-refractivity contribution in [2.75, 3.05) is 6.54 Å². The third-order valence-corrected chi connectivity index (χ3v) is 3.33. The molecule has 1 rings (SSSR count). The average Bonchev–Trinajstić information content (AvgIpc) is 2.88. The monoisotopic (exact) mass is 282 g/mol. The number of hydrogen-bond acceptors (Lipinski definition) is 3. The first-order valence-corrected chi connectivity index (χ1v) is 6.62. The van der Waals surface area contributed by atoms with Crippen molar-refractivity contribution in [2.24, 2.45) is 5.41 Å². The number of aliphatic carboxylic acids is 1. The summed E-state index contributed by atoms with van der Waals surface area (Å²) >= 11 is 0. The number of carbonyl (C=O) groups excluding carboxylic acids is 1. The molecule has 2 atom stereocenters. The molecule has 7 heteroatoms. The molecule has 1 heterocycles. The molecule has 2 unspecified atom stereocenters. The molecular weight excluding hydrogens is 260 g/mol. The van der Waals surface area contributed by atoms with Gasteiger partial charge in [-0.1, -0.05) is 6.92 Å². The molecule has 0 spiro atoms. The summed E-state index contributed by atoms with van der Waals surface area (Å²) in [5.74, 6) is -0.912. The highest BCUT2D eigenvalue weighted by Crippen LogP contribution is 2.19. The summed E-state index contributed by atoms with van der Waals surface area (Å²) in [6, 6.07) is 1.34. The Morgan fingerprint density at radius 2 is 2.20 bits per heavy atom. The summed E-state index contributed by atoms with van der Waals surface area (Å²) < 4.78 is 1.72. The van der Waals surface area contributed by atoms with Gasteiger partial charge >= 0.3 is 12.0 Å². The number of hydrogen-bond donors (Lipinski definition) is 3. The maximum absolute atomic E-state index is 11.7. The van der Waals surface area contributed by atoms with Crippen molar-refractivity contribution < 1.29 is 14.7 Å². The number of nitrogens with one attached hydrogen (secondary N) is 2. The normalized spacial score (nSPS) is 15.2. The van der Waals surface area contributed by atoms with Crippen LogP contribution in [0.2, 0.25) is 0 Å². The van der Waals surface area contributed by atoms with Crippen LogP contribution >= 0.6 is 0 Å². The molecule has 0 saturated heterocycles. The van der Waals surface area contributed by atoms with E-state index in [1.54, 1.807) is 24.7 Å². The third kappa shape index (κ3) is 4.56. The summed E-state index contributed by atoms with van der Waals surface area (Å²) in [6.07, 6.45) is 3.94. The van der Waals surface area contributed by atoms with Crippen molar-refractivity contribution in [2.45, 2.75) is 39.8 Å². The van der Waals surface area contributed by atoms with E-state index < -0.39 is 11.4 Å². The molecule has 0 bridgehead atoms. The minimum absolute atomic E-state index is 0.0964. The fraction of sp³-hybridized carbons (Fsp3) is 0.615. The van der Waals surface area contributed by atoms with Crippen molar-refractivity contribution >= 4 is 12.0 Å². The van der Waals surface area contributed by atoms with Crippen molar-refractivity contribution in [3.8, 4) is 0 Å². The summed E-state index contributed by atoms with van der Waals surface area (Å²) in [4.78, 5) is 22.8. The molecule has 1 aromatic rings. The second-order valence-corrected chi connectivity index (χ2v) is 5.18. The standard InChI is InChI=1S/C13H22N4O3/c1-4-13(3,11(18)19)9-14-12(20)16-10(2)8-17-7-5-6-15-17/h5-7,10H,4,8-9H2,1-3H3,(H,18,19)(H2,14,16,20). The summed E-state index contributed by atoms with van der Waals surface area (Å²) in [5, 5.41) is 18.5. The Balaban J connectivity index is 2.38. The molecule has 0 aromatic carbocycles. The van der Waals surface area contributed by atoms with Gasteiger partial charge in [0.1, 0.15) is 0 Å². The number of nitrogens with zero attached hydrogens (tertiary/aromatic N) is 2. The number of rotatable bonds is 7. The first-order chi connectivity index (χ1) is 9.37. The van der Waals surface area contributed by atoms with Crippen LogP contribution in [0.1, 0.15) is 27.2 Å². The quantitative estimate of drug-likeness (QED) is 0.697. The van der Waals surface area contributed by atoms with Gasteiger partial charge in [0.15, 0.2) is 0 Å². The molecule has 20 heavy (non-hydrogen) atoms. The van der Waals surface area contributed by atoms with Crippen LogP contribution in [0.5, 0.6) is 0 Å². The van der Waals surface area contributed by atoms with Gasteiger partial charge in [0.2, 0.25) is 0 Å². The van der Waals surface area contributed by atoms with Gasteiger partial charge in [-0.25, -0.2) is 4.79 Å². The van der Waals surface area contributed by atoms with Crippen molar-refractivity contribution in [3.05, 3.63) is 18.5 Å². The zero-order valence-corrected chi connectivity index (χ0v) is 12.1. The topological polar surface area (TPSA) is 96.3 Å². The lowest BCUT2D eigenvalue weighted by molar-refractivity contribution is -0.147. The van der Waals surface area contributed by atoms with E-state index in [2.05, 4.69) is 15.7 Å². The van der Waals surface area contributed by atoms with Crippen molar-refractivity contribution in [1.29, 1.82) is 0 Å². The van der Waals surface area contributed by atoms with Gasteiger partial charge in [-0.2, -0.15) is 5.10 Å². The SMILES string of the molecule is CCC(C)(CNC(=O)NC(C)Cn1cccn1)C(=O)O. The summed E-state index contributed by atoms with van der Waals surface area (Å²) in [7, 11) is 0. The van der Waals surface area contributed by atoms with Gasteiger partial charge in [-0.05, 0) is 26.3 Å². The Morgan fingerprint density at radius 1 is 1.50 bits per heavy atom. The van der Waals surface area contributed by atoms with Crippen LogP contribution < -0.4 is 10.6 Å². The Hall–Kier alpha value is -2.05. The zero-order valence-electron chi connectivity index (χ0n) is 12.1. The van der Waals surface area contributed by atoms with Crippen molar-refractivity contribution in [1.82, 2.24) is 20.4 Å². The van der Waals surface area contributed by atoms with E-state index in [0.29, 0.717) is 13.0 Å². The van der Waals surface area contributed by atoms with Crippen LogP contribution in [0.15, 0.2) is 18.5 Å². The zero-order chi connectivity index (χ0) is 15.2. The highest BCUT2D eigenvalue weighted by atomic mass is 16.4. The molecule has 3 N–H and O–H groups in total. The molecule has 0 saturated carbocycles. The second-order valence-electron chi connectivity index (χ2n) is 5.18. The maximum Gasteiger partial charge on any atom is 0.315 e. The highest BCUT2D eigenvalue weighted by Gasteiger charge is 2.31. The molecule has 1 aromatic heterocycles. The molecule has 0 radical (unpaired) electrons. The van der Waals surface area contributed by atoms with Gasteiger partial charge in [-0.3, -0.25) is 9.48 Å². The molecular formula is C13H22N4O3. The fourth-order valence-corrected chi connectivity index (χ4v) is 1.64. The molecule has 0 aliphatic carbocycles. The molecule has 0 aliphatic rings. The minimum atomic E-state index is -0.942. The summed E-state index contributed by atoms with van der Waals surface area (Å²) in [6.45, 7) is 5.91. The first-order valence-electron chi connectivity index (χ1n) is 6.62. The number of aromatic nitrogens is 2. The van der Waals surface area contributed by atoms with Crippen LogP contribution in [0, 0.1) is 5.41 Å². The predicted octanol–water partition coefficient (Wildman–Crippen LogP) is 1.07. The Bertz CT molecular complexity index is 446. The number of carboxylic acids is 1. The highest BCUT2D eigenvalue weighted by molar-refractivity contribution is 5.77. The summed E-state index contributed by atoms with van der Waals surface area (Å²) in [5.41, 5.74) is -0.942. The Morgan fingerprint density at radius 3 is 2.70 bits per heavy atom. The Labute approximate surface area is 118 Å². The fourth-order valence-electron chi connectivity index (χ4n) is 1.64. The smallest absolute Gasteiger partial charge is 0.315 e. The van der Waals surface area contributed by atoms with Gasteiger partial charge in [0.05, 0.1) is 12.0 Å². The van der Waals surface area contributed by atoms with E-state index in [-0.39, 0.29) is 18.6 Å². The van der Waals surface area contributed by atoms with E-state index in [4.69, 9.17) is 5.11 Å². The van der Waals surface area contributed by atoms with Gasteiger partial charge < -0.3 is 15.7 Å². The van der Waals surface area contributed by atoms with Crippen LogP contribution in [0.25, 0.3) is 0 Å². The first kappa shape index (κ1) is 16.0. The van der Waals surface area contributed by atoms with Crippen LogP contribution in [-0.4, -0.2) is 39.5 Å². The van der Waals surface area contributed by atoms with Crippen LogP contribution in [0.3, 0.4) is 0 Å². The van der Waals surface area contributed by atoms with Crippen LogP contribution in [0.4, 0.5) is 4.79 Å². The lowest BCUT2D eigenvalue weighted by atomic mass is 9.88. The molecule has 0 aliphatic heterocycles. The molecule has 112 valence electrons. The van der Waals surface area contributed by atoms with Crippen LogP contribution in [-0.2, 0) is 11.3 Å². The minimum Gasteiger partial charge on any atom is -0.481 e. The molecule has 0 fully saturated rings. The van der Waals surface area contributed by atoms with Gasteiger partial charge in [-0.15, -0.1) is 0 Å².